The van der Waals surface area contributed by atoms with E-state index in [2.05, 4.69) is 18.7 Å². The molecule has 0 aromatic rings. The van der Waals surface area contributed by atoms with Crippen molar-refractivity contribution in [2.24, 2.45) is 5.73 Å². The Kier molecular flexibility index (Phi) is 3.27. The summed E-state index contributed by atoms with van der Waals surface area (Å²) in [5.41, 5.74) is 5.37. The van der Waals surface area contributed by atoms with Gasteiger partial charge in [0, 0.05) is 24.2 Å². The van der Waals surface area contributed by atoms with E-state index in [0.717, 1.165) is 6.54 Å². The fourth-order valence-corrected chi connectivity index (χ4v) is 5.19. The van der Waals surface area contributed by atoms with Crippen molar-refractivity contribution in [3.63, 3.8) is 0 Å². The van der Waals surface area contributed by atoms with Crippen molar-refractivity contribution in [3.05, 3.63) is 0 Å². The molecule has 100 valence electrons. The molecule has 0 bridgehead atoms. The van der Waals surface area contributed by atoms with Crippen molar-refractivity contribution >= 4 is 9.84 Å². The van der Waals surface area contributed by atoms with Crippen LogP contribution in [0.3, 0.4) is 0 Å². The van der Waals surface area contributed by atoms with Crippen LogP contribution in [0.2, 0.25) is 0 Å². The SMILES string of the molecule is CC1(C)COCCN1C1(CN)CCS(=O)(=O)C1. The van der Waals surface area contributed by atoms with Crippen LogP contribution in [0, 0.1) is 0 Å². The lowest BCUT2D eigenvalue weighted by Crippen LogP contribution is -2.66. The highest BCUT2D eigenvalue weighted by Crippen LogP contribution is 2.35. The first-order chi connectivity index (χ1) is 7.81. The van der Waals surface area contributed by atoms with Crippen LogP contribution in [0.4, 0.5) is 0 Å². The molecule has 2 N–H and O–H groups in total. The maximum absolute atomic E-state index is 11.7. The Balaban J connectivity index is 2.29. The molecule has 0 aromatic carbocycles. The number of ether oxygens (including phenoxy) is 1. The average molecular weight is 262 g/mol. The monoisotopic (exact) mass is 262 g/mol. The number of nitrogens with zero attached hydrogens (tertiary/aromatic N) is 1. The Morgan fingerprint density at radius 3 is 2.59 bits per heavy atom. The van der Waals surface area contributed by atoms with Gasteiger partial charge in [-0.15, -0.1) is 0 Å². The lowest BCUT2D eigenvalue weighted by molar-refractivity contribution is -0.0963. The summed E-state index contributed by atoms with van der Waals surface area (Å²) in [6, 6.07) is 0. The standard InChI is InChI=1S/C11H22N2O3S/c1-10(2)8-16-5-4-13(10)11(7-12)3-6-17(14,15)9-11/h3-9,12H2,1-2H3. The molecule has 2 aliphatic heterocycles. The summed E-state index contributed by atoms with van der Waals surface area (Å²) >= 11 is 0. The van der Waals surface area contributed by atoms with Gasteiger partial charge in [-0.3, -0.25) is 4.90 Å². The van der Waals surface area contributed by atoms with Crippen LogP contribution in [-0.4, -0.2) is 62.2 Å². The van der Waals surface area contributed by atoms with Crippen molar-refractivity contribution in [1.29, 1.82) is 0 Å². The fourth-order valence-electron chi connectivity index (χ4n) is 3.12. The third-order valence-electron chi connectivity index (χ3n) is 3.96. The second kappa shape index (κ2) is 4.19. The van der Waals surface area contributed by atoms with Crippen molar-refractivity contribution < 1.29 is 13.2 Å². The van der Waals surface area contributed by atoms with Crippen molar-refractivity contribution in [2.75, 3.05) is 37.8 Å². The van der Waals surface area contributed by atoms with Crippen molar-refractivity contribution in [1.82, 2.24) is 4.90 Å². The minimum absolute atomic E-state index is 0.141. The van der Waals surface area contributed by atoms with E-state index in [4.69, 9.17) is 10.5 Å². The molecule has 2 rings (SSSR count). The van der Waals surface area contributed by atoms with Gasteiger partial charge in [-0.25, -0.2) is 8.42 Å². The summed E-state index contributed by atoms with van der Waals surface area (Å²) in [5, 5.41) is 0. The molecular formula is C11H22N2O3S. The molecule has 2 fully saturated rings. The van der Waals surface area contributed by atoms with Gasteiger partial charge in [0.25, 0.3) is 0 Å². The maximum Gasteiger partial charge on any atom is 0.152 e. The van der Waals surface area contributed by atoms with Gasteiger partial charge in [-0.1, -0.05) is 0 Å². The summed E-state index contributed by atoms with van der Waals surface area (Å²) in [6.07, 6.45) is 0.648. The molecular weight excluding hydrogens is 240 g/mol. The fraction of sp³-hybridized carbons (Fsp3) is 1.00. The second-order valence-electron chi connectivity index (χ2n) is 5.79. The molecule has 6 heteroatoms. The van der Waals surface area contributed by atoms with Crippen LogP contribution in [0.25, 0.3) is 0 Å². The van der Waals surface area contributed by atoms with Gasteiger partial charge in [0.05, 0.1) is 24.7 Å². The molecule has 0 aromatic heterocycles. The largest absolute Gasteiger partial charge is 0.378 e. The molecule has 2 saturated heterocycles. The molecule has 2 heterocycles. The van der Waals surface area contributed by atoms with Gasteiger partial charge in [0.15, 0.2) is 9.84 Å². The highest BCUT2D eigenvalue weighted by Gasteiger charge is 2.50. The topological polar surface area (TPSA) is 72.6 Å². The lowest BCUT2D eigenvalue weighted by atomic mass is 9.89. The second-order valence-corrected chi connectivity index (χ2v) is 7.97. The van der Waals surface area contributed by atoms with Crippen LogP contribution in [-0.2, 0) is 14.6 Å². The summed E-state index contributed by atoms with van der Waals surface area (Å²) in [5.74, 6) is 0.456. The summed E-state index contributed by atoms with van der Waals surface area (Å²) < 4.78 is 29.0. The normalized spacial score (nSPS) is 37.1. The highest BCUT2D eigenvalue weighted by molar-refractivity contribution is 7.91. The molecule has 1 unspecified atom stereocenters. The van der Waals surface area contributed by atoms with E-state index >= 15 is 0 Å². The zero-order valence-electron chi connectivity index (χ0n) is 10.6. The van der Waals surface area contributed by atoms with Gasteiger partial charge in [-0.05, 0) is 20.3 Å². The van der Waals surface area contributed by atoms with E-state index in [1.165, 1.54) is 0 Å². The van der Waals surface area contributed by atoms with E-state index < -0.39 is 9.84 Å². The van der Waals surface area contributed by atoms with Gasteiger partial charge >= 0.3 is 0 Å². The van der Waals surface area contributed by atoms with Crippen LogP contribution in [0.5, 0.6) is 0 Å². The molecule has 5 nitrogen and oxygen atoms in total. The van der Waals surface area contributed by atoms with Crippen molar-refractivity contribution in [3.8, 4) is 0 Å². The first-order valence-electron chi connectivity index (χ1n) is 6.07. The Morgan fingerprint density at radius 2 is 2.12 bits per heavy atom. The minimum Gasteiger partial charge on any atom is -0.378 e. The van der Waals surface area contributed by atoms with Gasteiger partial charge in [0.2, 0.25) is 0 Å². The zero-order chi connectivity index (χ0) is 12.7. The highest BCUT2D eigenvalue weighted by atomic mass is 32.2. The quantitative estimate of drug-likeness (QED) is 0.734. The summed E-state index contributed by atoms with van der Waals surface area (Å²) in [4.78, 5) is 2.26. The van der Waals surface area contributed by atoms with Gasteiger partial charge in [-0.2, -0.15) is 0 Å². The first kappa shape index (κ1) is 13.3. The molecule has 0 aliphatic carbocycles. The molecule has 0 radical (unpaired) electrons. The maximum atomic E-state index is 11.7. The minimum atomic E-state index is -2.93. The van der Waals surface area contributed by atoms with E-state index in [-0.39, 0.29) is 22.6 Å². The van der Waals surface area contributed by atoms with Gasteiger partial charge in [0.1, 0.15) is 0 Å². The number of sulfone groups is 1. The molecule has 0 spiro atoms. The lowest BCUT2D eigenvalue weighted by Gasteiger charge is -2.51. The summed E-state index contributed by atoms with van der Waals surface area (Å²) in [7, 11) is -2.93. The Labute approximate surface area is 103 Å². The number of morpholine rings is 1. The number of hydrogen-bond donors (Lipinski definition) is 1. The third-order valence-corrected chi connectivity index (χ3v) is 5.77. The summed E-state index contributed by atoms with van der Waals surface area (Å²) in [6.45, 7) is 6.64. The van der Waals surface area contributed by atoms with Crippen molar-refractivity contribution in [2.45, 2.75) is 31.3 Å². The van der Waals surface area contributed by atoms with Crippen LogP contribution >= 0.6 is 0 Å². The number of rotatable bonds is 2. The van der Waals surface area contributed by atoms with Crippen LogP contribution in [0.1, 0.15) is 20.3 Å². The predicted octanol–water partition coefficient (Wildman–Crippen LogP) is -0.387. The molecule has 17 heavy (non-hydrogen) atoms. The third kappa shape index (κ3) is 2.36. The smallest absolute Gasteiger partial charge is 0.152 e. The van der Waals surface area contributed by atoms with E-state index in [1.807, 2.05) is 0 Å². The Bertz CT molecular complexity index is 394. The average Bonchev–Trinajstić information content (AvgIpc) is 2.55. The Hall–Kier alpha value is -0.170. The number of hydrogen-bond acceptors (Lipinski definition) is 5. The van der Waals surface area contributed by atoms with E-state index in [9.17, 15) is 8.42 Å². The predicted molar refractivity (Wildman–Crippen MR) is 66.7 cm³/mol. The molecule has 0 amide bonds. The van der Waals surface area contributed by atoms with Gasteiger partial charge < -0.3 is 10.5 Å². The van der Waals surface area contributed by atoms with Crippen LogP contribution in [0.15, 0.2) is 0 Å². The molecule has 0 saturated carbocycles. The van der Waals surface area contributed by atoms with E-state index in [0.29, 0.717) is 26.2 Å². The van der Waals surface area contributed by atoms with Crippen LogP contribution < -0.4 is 5.73 Å². The number of nitrogens with two attached hydrogens (primary N) is 1. The molecule has 2 aliphatic rings. The first-order valence-corrected chi connectivity index (χ1v) is 7.90. The molecule has 1 atom stereocenters. The zero-order valence-corrected chi connectivity index (χ0v) is 11.4. The van der Waals surface area contributed by atoms with E-state index in [1.54, 1.807) is 0 Å². The Morgan fingerprint density at radius 1 is 1.41 bits per heavy atom.